The van der Waals surface area contributed by atoms with Crippen molar-refractivity contribution < 1.29 is 14.7 Å². The fourth-order valence-electron chi connectivity index (χ4n) is 2.44. The van der Waals surface area contributed by atoms with Gasteiger partial charge in [-0.25, -0.2) is 5.06 Å². The molecule has 6 nitrogen and oxygen atoms in total. The van der Waals surface area contributed by atoms with E-state index in [0.29, 0.717) is 6.42 Å². The Morgan fingerprint density at radius 3 is 3.10 bits per heavy atom. The summed E-state index contributed by atoms with van der Waals surface area (Å²) in [5, 5.41) is 11.6. The van der Waals surface area contributed by atoms with E-state index in [2.05, 4.69) is 4.98 Å². The molecular weight excluding hydrogens is 258 g/mol. The van der Waals surface area contributed by atoms with Gasteiger partial charge in [0.25, 0.3) is 5.91 Å². The van der Waals surface area contributed by atoms with Crippen molar-refractivity contribution in [3.05, 3.63) is 36.0 Å². The summed E-state index contributed by atoms with van der Waals surface area (Å²) < 4.78 is 0. The van der Waals surface area contributed by atoms with Crippen molar-refractivity contribution in [2.24, 2.45) is 5.73 Å². The highest BCUT2D eigenvalue weighted by molar-refractivity contribution is 5.85. The van der Waals surface area contributed by atoms with Crippen LogP contribution in [0.15, 0.2) is 30.5 Å². The summed E-state index contributed by atoms with van der Waals surface area (Å²) in [6.45, 7) is 0.325. The van der Waals surface area contributed by atoms with Gasteiger partial charge >= 0.3 is 0 Å². The standard InChI is InChI=1S/C14H17N3O3/c15-12(14(19)17-7-10(18)8-20-17)5-9-6-16-13-4-2-1-3-11(9)13/h1-4,6,10,12,16,18H,5,7-8,15H2. The van der Waals surface area contributed by atoms with E-state index >= 15 is 0 Å². The predicted molar refractivity (Wildman–Crippen MR) is 73.6 cm³/mol. The Kier molecular flexibility index (Phi) is 3.43. The second kappa shape index (κ2) is 5.24. The summed E-state index contributed by atoms with van der Waals surface area (Å²) in [4.78, 5) is 20.4. The molecule has 2 unspecified atom stereocenters. The molecule has 0 aliphatic carbocycles. The Bertz CT molecular complexity index is 625. The van der Waals surface area contributed by atoms with E-state index in [1.165, 1.54) is 0 Å². The van der Waals surface area contributed by atoms with Crippen molar-refractivity contribution in [2.45, 2.75) is 18.6 Å². The number of hydrogen-bond donors (Lipinski definition) is 3. The second-order valence-corrected chi connectivity index (χ2v) is 5.02. The third kappa shape index (κ3) is 2.40. The van der Waals surface area contributed by atoms with Gasteiger partial charge in [0.05, 0.1) is 18.7 Å². The third-order valence-corrected chi connectivity index (χ3v) is 3.48. The van der Waals surface area contributed by atoms with Crippen molar-refractivity contribution in [3.63, 3.8) is 0 Å². The highest BCUT2D eigenvalue weighted by Gasteiger charge is 2.30. The molecule has 106 valence electrons. The molecule has 1 aliphatic rings. The molecule has 3 rings (SSSR count). The van der Waals surface area contributed by atoms with Gasteiger partial charge in [0.15, 0.2) is 0 Å². The fraction of sp³-hybridized carbons (Fsp3) is 0.357. The van der Waals surface area contributed by atoms with Crippen LogP contribution in [-0.2, 0) is 16.1 Å². The van der Waals surface area contributed by atoms with E-state index in [9.17, 15) is 9.90 Å². The quantitative estimate of drug-likeness (QED) is 0.744. The Morgan fingerprint density at radius 1 is 1.55 bits per heavy atom. The molecule has 20 heavy (non-hydrogen) atoms. The van der Waals surface area contributed by atoms with Crippen LogP contribution >= 0.6 is 0 Å². The number of H-pyrrole nitrogens is 1. The Hall–Kier alpha value is -1.89. The van der Waals surface area contributed by atoms with Gasteiger partial charge in [0, 0.05) is 17.1 Å². The maximum Gasteiger partial charge on any atom is 0.263 e. The summed E-state index contributed by atoms with van der Waals surface area (Å²) in [5.74, 6) is -0.299. The van der Waals surface area contributed by atoms with Gasteiger partial charge < -0.3 is 15.8 Å². The van der Waals surface area contributed by atoms with Gasteiger partial charge in [-0.1, -0.05) is 18.2 Å². The number of rotatable bonds is 3. The zero-order chi connectivity index (χ0) is 14.1. The number of carbonyl (C=O) groups excluding carboxylic acids is 1. The average molecular weight is 275 g/mol. The average Bonchev–Trinajstić information content (AvgIpc) is 3.05. The molecule has 0 radical (unpaired) electrons. The first-order chi connectivity index (χ1) is 9.65. The number of aliphatic hydroxyl groups is 1. The Balaban J connectivity index is 1.72. The molecule has 2 atom stereocenters. The monoisotopic (exact) mass is 275 g/mol. The number of nitrogens with zero attached hydrogens (tertiary/aromatic N) is 1. The molecule has 4 N–H and O–H groups in total. The lowest BCUT2D eigenvalue weighted by molar-refractivity contribution is -0.170. The normalized spacial score (nSPS) is 20.5. The van der Waals surface area contributed by atoms with Crippen molar-refractivity contribution in [2.75, 3.05) is 13.2 Å². The van der Waals surface area contributed by atoms with Crippen LogP contribution in [0, 0.1) is 0 Å². The SMILES string of the molecule is NC(Cc1c[nH]c2ccccc12)C(=O)N1CC(O)CO1. The Morgan fingerprint density at radius 2 is 2.35 bits per heavy atom. The number of aromatic nitrogens is 1. The number of aliphatic hydroxyl groups excluding tert-OH is 1. The molecule has 2 aromatic rings. The van der Waals surface area contributed by atoms with E-state index in [1.54, 1.807) is 0 Å². The van der Waals surface area contributed by atoms with Crippen LogP contribution < -0.4 is 5.73 Å². The fourth-order valence-corrected chi connectivity index (χ4v) is 2.44. The van der Waals surface area contributed by atoms with Crippen LogP contribution in [0.25, 0.3) is 10.9 Å². The second-order valence-electron chi connectivity index (χ2n) is 5.02. The van der Waals surface area contributed by atoms with E-state index in [0.717, 1.165) is 21.5 Å². The number of carbonyl (C=O) groups is 1. The predicted octanol–water partition coefficient (Wildman–Crippen LogP) is 0.172. The maximum atomic E-state index is 12.1. The van der Waals surface area contributed by atoms with Crippen LogP contribution in [0.3, 0.4) is 0 Å². The van der Waals surface area contributed by atoms with Gasteiger partial charge in [-0.2, -0.15) is 0 Å². The molecule has 1 saturated heterocycles. The van der Waals surface area contributed by atoms with Crippen molar-refractivity contribution in [1.82, 2.24) is 10.0 Å². The number of aromatic amines is 1. The minimum absolute atomic E-state index is 0.144. The summed E-state index contributed by atoms with van der Waals surface area (Å²) in [5.41, 5.74) is 7.98. The zero-order valence-corrected chi connectivity index (χ0v) is 11.0. The van der Waals surface area contributed by atoms with Crippen molar-refractivity contribution >= 4 is 16.8 Å². The van der Waals surface area contributed by atoms with Crippen molar-refractivity contribution in [3.8, 4) is 0 Å². The highest BCUT2D eigenvalue weighted by atomic mass is 16.7. The zero-order valence-electron chi connectivity index (χ0n) is 11.0. The number of hydrogen-bond acceptors (Lipinski definition) is 4. The first-order valence-electron chi connectivity index (χ1n) is 6.58. The number of benzene rings is 1. The molecule has 6 heteroatoms. The van der Waals surface area contributed by atoms with Crippen LogP contribution in [-0.4, -0.2) is 46.4 Å². The largest absolute Gasteiger partial charge is 0.389 e. The number of hydroxylamine groups is 2. The molecule has 0 spiro atoms. The molecule has 1 aromatic heterocycles. The molecule has 1 aliphatic heterocycles. The van der Waals surface area contributed by atoms with Crippen LogP contribution in [0.4, 0.5) is 0 Å². The van der Waals surface area contributed by atoms with E-state index < -0.39 is 12.1 Å². The van der Waals surface area contributed by atoms with E-state index in [1.807, 2.05) is 30.5 Å². The molecule has 1 fully saturated rings. The smallest absolute Gasteiger partial charge is 0.263 e. The topological polar surface area (TPSA) is 91.6 Å². The number of para-hydroxylation sites is 1. The maximum absolute atomic E-state index is 12.1. The van der Waals surface area contributed by atoms with Crippen LogP contribution in [0.1, 0.15) is 5.56 Å². The van der Waals surface area contributed by atoms with Crippen LogP contribution in [0.5, 0.6) is 0 Å². The van der Waals surface area contributed by atoms with E-state index in [4.69, 9.17) is 10.6 Å². The number of fused-ring (bicyclic) bond motifs is 1. The summed E-state index contributed by atoms with van der Waals surface area (Å²) in [6.07, 6.45) is 1.68. The lowest BCUT2D eigenvalue weighted by Gasteiger charge is -2.18. The van der Waals surface area contributed by atoms with Crippen LogP contribution in [0.2, 0.25) is 0 Å². The number of β-amino-alcohol motifs (C(OH)–C–C–N with tert-alkyl or cyclic N) is 1. The number of amides is 1. The number of nitrogens with two attached hydrogens (primary N) is 1. The highest BCUT2D eigenvalue weighted by Crippen LogP contribution is 2.19. The minimum atomic E-state index is -0.681. The molecule has 0 saturated carbocycles. The molecule has 1 aromatic carbocycles. The van der Waals surface area contributed by atoms with Gasteiger partial charge in [-0.05, 0) is 18.1 Å². The molecular formula is C14H17N3O3. The summed E-state index contributed by atoms with van der Waals surface area (Å²) >= 11 is 0. The van der Waals surface area contributed by atoms with Gasteiger partial charge in [0.2, 0.25) is 0 Å². The first-order valence-corrected chi connectivity index (χ1v) is 6.58. The van der Waals surface area contributed by atoms with Gasteiger partial charge in [-0.15, -0.1) is 0 Å². The first kappa shape index (κ1) is 13.1. The molecule has 1 amide bonds. The summed E-state index contributed by atoms with van der Waals surface area (Å²) in [6, 6.07) is 7.19. The van der Waals surface area contributed by atoms with E-state index in [-0.39, 0.29) is 19.1 Å². The van der Waals surface area contributed by atoms with Gasteiger partial charge in [-0.3, -0.25) is 9.63 Å². The molecule has 0 bridgehead atoms. The van der Waals surface area contributed by atoms with Gasteiger partial charge in [0.1, 0.15) is 6.61 Å². The lowest BCUT2D eigenvalue weighted by Crippen LogP contribution is -2.43. The van der Waals surface area contributed by atoms with Crippen molar-refractivity contribution in [1.29, 1.82) is 0 Å². The Labute approximate surface area is 116 Å². The molecule has 2 heterocycles. The summed E-state index contributed by atoms with van der Waals surface area (Å²) in [7, 11) is 0. The lowest BCUT2D eigenvalue weighted by atomic mass is 10.1. The minimum Gasteiger partial charge on any atom is -0.389 e. The third-order valence-electron chi connectivity index (χ3n) is 3.48. The number of nitrogens with one attached hydrogen (secondary N) is 1.